The van der Waals surface area contributed by atoms with Gasteiger partial charge in [0.05, 0.1) is 0 Å². The summed E-state index contributed by atoms with van der Waals surface area (Å²) in [6, 6.07) is 6.23. The van der Waals surface area contributed by atoms with E-state index in [1.165, 1.54) is 17.0 Å². The minimum absolute atomic E-state index is 0.0497. The fourth-order valence-electron chi connectivity index (χ4n) is 2.13. The van der Waals surface area contributed by atoms with Gasteiger partial charge in [0.25, 0.3) is 0 Å². The van der Waals surface area contributed by atoms with Crippen LogP contribution in [-0.4, -0.2) is 41.8 Å². The number of hydrogen-bond donors (Lipinski definition) is 1. The van der Waals surface area contributed by atoms with Crippen molar-refractivity contribution >= 4 is 11.8 Å². The van der Waals surface area contributed by atoms with Gasteiger partial charge in [-0.15, -0.1) is 0 Å². The van der Waals surface area contributed by atoms with Gasteiger partial charge in [-0.1, -0.05) is 0 Å². The molecular weight excluding hydrogens is 223 g/mol. The molecule has 1 fully saturated rings. The molecule has 92 valence electrons. The highest BCUT2D eigenvalue weighted by atomic mass is 19.1. The third kappa shape index (κ3) is 2.49. The summed E-state index contributed by atoms with van der Waals surface area (Å²) in [5.74, 6) is -0.258. The van der Waals surface area contributed by atoms with Gasteiger partial charge in [-0.2, -0.15) is 0 Å². The normalized spacial score (nSPS) is 20.5. The Morgan fingerprint density at radius 2 is 2.00 bits per heavy atom. The first-order chi connectivity index (χ1) is 8.08. The number of benzene rings is 1. The number of amides is 1. The van der Waals surface area contributed by atoms with Gasteiger partial charge in [0.15, 0.2) is 0 Å². The van der Waals surface area contributed by atoms with E-state index in [0.717, 1.165) is 5.69 Å². The molecule has 2 rings (SSSR count). The highest BCUT2D eigenvalue weighted by Crippen LogP contribution is 2.19. The number of hydrogen-bond acceptors (Lipinski definition) is 2. The monoisotopic (exact) mass is 238 g/mol. The van der Waals surface area contributed by atoms with Gasteiger partial charge in [-0.3, -0.25) is 0 Å². The van der Waals surface area contributed by atoms with Crippen LogP contribution >= 0.6 is 0 Å². The molecule has 0 aromatic heterocycles. The molecule has 1 aromatic carbocycles. The van der Waals surface area contributed by atoms with Gasteiger partial charge in [0.1, 0.15) is 5.82 Å². The molecule has 1 aromatic rings. The topological polar surface area (TPSA) is 43.8 Å². The van der Waals surface area contributed by atoms with Gasteiger partial charge in [0.2, 0.25) is 0 Å². The molecule has 1 atom stereocenters. The molecule has 0 saturated carbocycles. The van der Waals surface area contributed by atoms with E-state index < -0.39 is 6.09 Å². The summed E-state index contributed by atoms with van der Waals surface area (Å²) in [5.41, 5.74) is 0.934. The first-order valence-corrected chi connectivity index (χ1v) is 5.58. The van der Waals surface area contributed by atoms with E-state index in [9.17, 15) is 9.18 Å². The second-order valence-electron chi connectivity index (χ2n) is 4.25. The lowest BCUT2D eigenvalue weighted by atomic mass is 10.1. The van der Waals surface area contributed by atoms with Crippen LogP contribution in [0.4, 0.5) is 14.9 Å². The van der Waals surface area contributed by atoms with E-state index in [1.807, 2.05) is 6.92 Å². The van der Waals surface area contributed by atoms with Crippen molar-refractivity contribution in [2.75, 3.05) is 24.5 Å². The van der Waals surface area contributed by atoms with Crippen molar-refractivity contribution in [2.24, 2.45) is 0 Å². The zero-order valence-electron chi connectivity index (χ0n) is 9.64. The van der Waals surface area contributed by atoms with Crippen molar-refractivity contribution in [2.45, 2.75) is 13.0 Å². The number of halogens is 1. The fourth-order valence-corrected chi connectivity index (χ4v) is 2.13. The second-order valence-corrected chi connectivity index (χ2v) is 4.25. The first kappa shape index (κ1) is 11.7. The van der Waals surface area contributed by atoms with E-state index in [0.29, 0.717) is 19.6 Å². The van der Waals surface area contributed by atoms with Crippen molar-refractivity contribution < 1.29 is 14.3 Å². The fraction of sp³-hybridized carbons (Fsp3) is 0.417. The minimum atomic E-state index is -0.878. The lowest BCUT2D eigenvalue weighted by Gasteiger charge is -2.39. The maximum Gasteiger partial charge on any atom is 0.407 e. The maximum absolute atomic E-state index is 12.8. The largest absolute Gasteiger partial charge is 0.465 e. The average molecular weight is 238 g/mol. The van der Waals surface area contributed by atoms with Crippen LogP contribution in [0.15, 0.2) is 24.3 Å². The zero-order chi connectivity index (χ0) is 12.4. The Balaban J connectivity index is 2.06. The summed E-state index contributed by atoms with van der Waals surface area (Å²) in [6.07, 6.45) is -0.878. The summed E-state index contributed by atoms with van der Waals surface area (Å²) in [4.78, 5) is 14.4. The Morgan fingerprint density at radius 3 is 2.53 bits per heavy atom. The first-order valence-electron chi connectivity index (χ1n) is 5.58. The number of piperazine rings is 1. The number of anilines is 1. The van der Waals surface area contributed by atoms with Crippen molar-refractivity contribution in [3.63, 3.8) is 0 Å². The average Bonchev–Trinajstić information content (AvgIpc) is 2.29. The molecule has 1 aliphatic rings. The van der Waals surface area contributed by atoms with Crippen LogP contribution in [0.1, 0.15) is 6.92 Å². The standard InChI is InChI=1S/C12H15FN2O2/c1-9-8-14(6-7-15(9)12(16)17)11-4-2-10(13)3-5-11/h2-5,9H,6-8H2,1H3,(H,16,17). The van der Waals surface area contributed by atoms with Crippen LogP contribution in [0.5, 0.6) is 0 Å². The van der Waals surface area contributed by atoms with E-state index in [-0.39, 0.29) is 11.9 Å². The van der Waals surface area contributed by atoms with Crippen LogP contribution in [0.25, 0.3) is 0 Å². The predicted molar refractivity (Wildman–Crippen MR) is 62.8 cm³/mol. The smallest absolute Gasteiger partial charge is 0.407 e. The maximum atomic E-state index is 12.8. The molecule has 0 spiro atoms. The molecule has 1 N–H and O–H groups in total. The molecule has 1 amide bonds. The summed E-state index contributed by atoms with van der Waals surface area (Å²) in [7, 11) is 0. The number of nitrogens with zero attached hydrogens (tertiary/aromatic N) is 2. The molecule has 1 heterocycles. The summed E-state index contributed by atoms with van der Waals surface area (Å²) >= 11 is 0. The molecule has 0 bridgehead atoms. The molecule has 0 radical (unpaired) electrons. The van der Waals surface area contributed by atoms with Crippen LogP contribution in [0.3, 0.4) is 0 Å². The van der Waals surface area contributed by atoms with Crippen LogP contribution in [0, 0.1) is 5.82 Å². The van der Waals surface area contributed by atoms with Crippen LogP contribution < -0.4 is 4.90 Å². The van der Waals surface area contributed by atoms with Gasteiger partial charge in [0, 0.05) is 31.4 Å². The SMILES string of the molecule is CC1CN(c2ccc(F)cc2)CCN1C(=O)O. The number of carboxylic acid groups (broad SMARTS) is 1. The quantitative estimate of drug-likeness (QED) is 0.814. The summed E-state index contributed by atoms with van der Waals surface area (Å²) < 4.78 is 12.8. The van der Waals surface area contributed by atoms with Gasteiger partial charge in [-0.05, 0) is 31.2 Å². The second kappa shape index (κ2) is 4.61. The minimum Gasteiger partial charge on any atom is -0.465 e. The summed E-state index contributed by atoms with van der Waals surface area (Å²) in [6.45, 7) is 3.64. The lowest BCUT2D eigenvalue weighted by Crippen LogP contribution is -2.53. The highest BCUT2D eigenvalue weighted by molar-refractivity contribution is 5.66. The predicted octanol–water partition coefficient (Wildman–Crippen LogP) is 2.01. The van der Waals surface area contributed by atoms with E-state index in [4.69, 9.17) is 5.11 Å². The summed E-state index contributed by atoms with van der Waals surface area (Å²) in [5, 5.41) is 8.96. The molecule has 1 aliphatic heterocycles. The molecule has 0 aliphatic carbocycles. The third-order valence-electron chi connectivity index (χ3n) is 3.06. The van der Waals surface area contributed by atoms with Gasteiger partial charge in [-0.25, -0.2) is 9.18 Å². The Morgan fingerprint density at radius 1 is 1.35 bits per heavy atom. The molecule has 1 unspecified atom stereocenters. The van der Waals surface area contributed by atoms with E-state index in [1.54, 1.807) is 12.1 Å². The van der Waals surface area contributed by atoms with E-state index >= 15 is 0 Å². The Kier molecular flexibility index (Phi) is 3.17. The molecule has 17 heavy (non-hydrogen) atoms. The molecular formula is C12H15FN2O2. The van der Waals surface area contributed by atoms with Gasteiger partial charge < -0.3 is 14.9 Å². The molecule has 1 saturated heterocycles. The number of rotatable bonds is 1. The van der Waals surface area contributed by atoms with Crippen LogP contribution in [0.2, 0.25) is 0 Å². The van der Waals surface area contributed by atoms with Crippen molar-refractivity contribution in [1.29, 1.82) is 0 Å². The van der Waals surface area contributed by atoms with Crippen LogP contribution in [-0.2, 0) is 0 Å². The Hall–Kier alpha value is -1.78. The number of carbonyl (C=O) groups is 1. The van der Waals surface area contributed by atoms with Crippen molar-refractivity contribution in [1.82, 2.24) is 4.90 Å². The van der Waals surface area contributed by atoms with E-state index in [2.05, 4.69) is 4.90 Å². The van der Waals surface area contributed by atoms with Gasteiger partial charge >= 0.3 is 6.09 Å². The molecule has 4 nitrogen and oxygen atoms in total. The molecule has 5 heteroatoms. The lowest BCUT2D eigenvalue weighted by molar-refractivity contribution is 0.122. The third-order valence-corrected chi connectivity index (χ3v) is 3.06. The van der Waals surface area contributed by atoms with Crippen molar-refractivity contribution in [3.05, 3.63) is 30.1 Å². The Bertz CT molecular complexity index is 407. The Labute approximate surface area is 99.3 Å². The zero-order valence-corrected chi connectivity index (χ0v) is 9.64. The highest BCUT2D eigenvalue weighted by Gasteiger charge is 2.26. The van der Waals surface area contributed by atoms with Crippen molar-refractivity contribution in [3.8, 4) is 0 Å².